The maximum atomic E-state index is 11.7. The summed E-state index contributed by atoms with van der Waals surface area (Å²) < 4.78 is 10.9. The molecule has 0 spiro atoms. The van der Waals surface area contributed by atoms with Crippen LogP contribution in [0.1, 0.15) is 23.3 Å². The minimum Gasteiger partial charge on any atom is -0.497 e. The zero-order valence-electron chi connectivity index (χ0n) is 13.7. The van der Waals surface area contributed by atoms with Crippen molar-refractivity contribution < 1.29 is 14.3 Å². The van der Waals surface area contributed by atoms with Gasteiger partial charge in [-0.15, -0.1) is 0 Å². The second kappa shape index (κ2) is 6.84. The molecule has 1 aliphatic heterocycles. The van der Waals surface area contributed by atoms with Gasteiger partial charge >= 0.3 is 0 Å². The Kier molecular flexibility index (Phi) is 4.61. The zero-order valence-corrected chi connectivity index (χ0v) is 13.7. The highest BCUT2D eigenvalue weighted by molar-refractivity contribution is 5.92. The summed E-state index contributed by atoms with van der Waals surface area (Å²) in [5.74, 6) is 0.528. The van der Waals surface area contributed by atoms with E-state index in [0.29, 0.717) is 24.0 Å². The van der Waals surface area contributed by atoms with E-state index in [9.17, 15) is 4.79 Å². The molecule has 126 valence electrons. The van der Waals surface area contributed by atoms with Crippen LogP contribution >= 0.6 is 0 Å². The van der Waals surface area contributed by atoms with Gasteiger partial charge in [0.2, 0.25) is 5.95 Å². The molecule has 1 aliphatic rings. The van der Waals surface area contributed by atoms with E-state index in [2.05, 4.69) is 9.97 Å². The fourth-order valence-electron chi connectivity index (χ4n) is 2.64. The van der Waals surface area contributed by atoms with Crippen LogP contribution in [-0.2, 0) is 4.74 Å². The molecule has 1 amide bonds. The number of amides is 1. The second-order valence-electron chi connectivity index (χ2n) is 5.61. The minimum atomic E-state index is -0.594. The Morgan fingerprint density at radius 2 is 2.21 bits per heavy atom. The van der Waals surface area contributed by atoms with E-state index >= 15 is 0 Å². The molecule has 2 heterocycles. The van der Waals surface area contributed by atoms with Crippen LogP contribution in [-0.4, -0.2) is 42.9 Å². The van der Waals surface area contributed by atoms with Gasteiger partial charge in [-0.2, -0.15) is 0 Å². The number of nitrogens with two attached hydrogens (primary N) is 1. The summed E-state index contributed by atoms with van der Waals surface area (Å²) in [6, 6.07) is 9.04. The smallest absolute Gasteiger partial charge is 0.267 e. The summed E-state index contributed by atoms with van der Waals surface area (Å²) in [6.07, 6.45) is 1.80. The number of anilines is 1. The quantitative estimate of drug-likeness (QED) is 0.900. The first-order valence-corrected chi connectivity index (χ1v) is 7.76. The number of hydrogen-bond donors (Lipinski definition) is 1. The average molecular weight is 328 g/mol. The Hall–Kier alpha value is -2.67. The first kappa shape index (κ1) is 16.2. The summed E-state index contributed by atoms with van der Waals surface area (Å²) in [4.78, 5) is 22.3. The molecule has 2 N–H and O–H groups in total. The molecule has 2 aromatic rings. The number of carbonyl (C=O) groups excluding carboxylic acids is 1. The van der Waals surface area contributed by atoms with E-state index in [4.69, 9.17) is 15.2 Å². The number of aromatic nitrogens is 2. The molecular formula is C17H20N4O3. The van der Waals surface area contributed by atoms with Crippen molar-refractivity contribution in [3.8, 4) is 17.0 Å². The first-order valence-electron chi connectivity index (χ1n) is 7.76. The van der Waals surface area contributed by atoms with E-state index < -0.39 is 5.91 Å². The number of ether oxygens (including phenoxy) is 2. The molecule has 1 atom stereocenters. The predicted molar refractivity (Wildman–Crippen MR) is 89.9 cm³/mol. The van der Waals surface area contributed by atoms with Crippen molar-refractivity contribution in [2.75, 3.05) is 25.7 Å². The molecular weight excluding hydrogens is 308 g/mol. The van der Waals surface area contributed by atoms with E-state index in [1.165, 1.54) is 0 Å². The number of primary amides is 1. The first-order chi connectivity index (χ1) is 11.6. The molecule has 0 aliphatic carbocycles. The highest BCUT2D eigenvalue weighted by Crippen LogP contribution is 2.26. The van der Waals surface area contributed by atoms with Crippen LogP contribution in [0.25, 0.3) is 11.3 Å². The number of hydrogen-bond acceptors (Lipinski definition) is 6. The fourth-order valence-corrected chi connectivity index (χ4v) is 2.64. The van der Waals surface area contributed by atoms with Gasteiger partial charge in [-0.3, -0.25) is 4.79 Å². The van der Waals surface area contributed by atoms with Crippen molar-refractivity contribution in [3.05, 3.63) is 36.0 Å². The largest absolute Gasteiger partial charge is 0.497 e. The Morgan fingerprint density at radius 1 is 1.38 bits per heavy atom. The number of benzene rings is 1. The topological polar surface area (TPSA) is 90.6 Å². The normalized spacial score (nSPS) is 16.8. The van der Waals surface area contributed by atoms with Crippen molar-refractivity contribution >= 4 is 11.9 Å². The van der Waals surface area contributed by atoms with Crippen molar-refractivity contribution in [2.45, 2.75) is 19.1 Å². The van der Waals surface area contributed by atoms with E-state index in [0.717, 1.165) is 18.4 Å². The molecule has 24 heavy (non-hydrogen) atoms. The van der Waals surface area contributed by atoms with Gasteiger partial charge in [0.15, 0.2) is 0 Å². The van der Waals surface area contributed by atoms with Gasteiger partial charge in [-0.1, -0.05) is 12.1 Å². The van der Waals surface area contributed by atoms with Crippen LogP contribution in [0.15, 0.2) is 30.3 Å². The molecule has 1 saturated heterocycles. The number of methoxy groups -OCH3 is 1. The third-order valence-corrected chi connectivity index (χ3v) is 3.99. The lowest BCUT2D eigenvalue weighted by Gasteiger charge is -2.24. The number of carbonyl (C=O) groups is 1. The van der Waals surface area contributed by atoms with Gasteiger partial charge in [0.1, 0.15) is 17.7 Å². The maximum Gasteiger partial charge on any atom is 0.267 e. The predicted octanol–water partition coefficient (Wildman–Crippen LogP) is 1.82. The Bertz CT molecular complexity index is 744. The molecule has 1 unspecified atom stereocenters. The van der Waals surface area contributed by atoms with Crippen LogP contribution in [0, 0.1) is 0 Å². The summed E-state index contributed by atoms with van der Waals surface area (Å²) in [5, 5.41) is 0. The van der Waals surface area contributed by atoms with Crippen LogP contribution in [0.3, 0.4) is 0 Å². The van der Waals surface area contributed by atoms with E-state index in [-0.39, 0.29) is 11.9 Å². The van der Waals surface area contributed by atoms with Crippen LogP contribution in [0.2, 0.25) is 0 Å². The van der Waals surface area contributed by atoms with Gasteiger partial charge in [0.05, 0.1) is 12.8 Å². The van der Waals surface area contributed by atoms with Crippen molar-refractivity contribution in [3.63, 3.8) is 0 Å². The molecule has 1 aromatic carbocycles. The average Bonchev–Trinajstić information content (AvgIpc) is 3.15. The lowest BCUT2D eigenvalue weighted by Crippen LogP contribution is -2.32. The van der Waals surface area contributed by atoms with Gasteiger partial charge in [-0.25, -0.2) is 9.97 Å². The summed E-state index contributed by atoms with van der Waals surface area (Å²) >= 11 is 0. The van der Waals surface area contributed by atoms with Gasteiger partial charge < -0.3 is 20.1 Å². The molecule has 1 aromatic heterocycles. The summed E-state index contributed by atoms with van der Waals surface area (Å²) in [6.45, 7) is 0.716. The molecule has 0 radical (unpaired) electrons. The molecule has 0 saturated carbocycles. The van der Waals surface area contributed by atoms with Crippen molar-refractivity contribution in [2.24, 2.45) is 5.73 Å². The zero-order chi connectivity index (χ0) is 17.1. The Labute approximate surface area is 140 Å². The summed E-state index contributed by atoms with van der Waals surface area (Å²) in [7, 11) is 3.45. The third kappa shape index (κ3) is 3.30. The Morgan fingerprint density at radius 3 is 2.88 bits per heavy atom. The van der Waals surface area contributed by atoms with Crippen molar-refractivity contribution in [1.29, 1.82) is 0 Å². The molecule has 0 bridgehead atoms. The second-order valence-corrected chi connectivity index (χ2v) is 5.61. The molecule has 7 nitrogen and oxygen atoms in total. The highest BCUT2D eigenvalue weighted by atomic mass is 16.5. The van der Waals surface area contributed by atoms with E-state index in [1.807, 2.05) is 36.2 Å². The molecule has 1 fully saturated rings. The van der Waals surface area contributed by atoms with Crippen LogP contribution in [0.5, 0.6) is 5.75 Å². The Balaban J connectivity index is 2.03. The van der Waals surface area contributed by atoms with Crippen LogP contribution < -0.4 is 15.4 Å². The standard InChI is InChI=1S/C17H20N4O3/c1-21(15-7-4-8-24-15)17-19-13(10-14(20-17)16(18)22)11-5-3-6-12(9-11)23-2/h3,5-6,9-10,15H,4,7-8H2,1-2H3,(H2,18,22). The number of rotatable bonds is 5. The van der Waals surface area contributed by atoms with Crippen LogP contribution in [0.4, 0.5) is 5.95 Å². The van der Waals surface area contributed by atoms with Gasteiger partial charge in [0, 0.05) is 19.2 Å². The lowest BCUT2D eigenvalue weighted by molar-refractivity contribution is 0.0993. The lowest BCUT2D eigenvalue weighted by atomic mass is 10.1. The third-order valence-electron chi connectivity index (χ3n) is 3.99. The minimum absolute atomic E-state index is 0.0914. The highest BCUT2D eigenvalue weighted by Gasteiger charge is 2.23. The summed E-state index contributed by atoms with van der Waals surface area (Å²) in [5.41, 5.74) is 7.03. The fraction of sp³-hybridized carbons (Fsp3) is 0.353. The molecule has 7 heteroatoms. The number of nitrogens with zero attached hydrogens (tertiary/aromatic N) is 3. The van der Waals surface area contributed by atoms with Crippen molar-refractivity contribution in [1.82, 2.24) is 9.97 Å². The van der Waals surface area contributed by atoms with Gasteiger partial charge in [0.25, 0.3) is 5.91 Å². The van der Waals surface area contributed by atoms with Gasteiger partial charge in [-0.05, 0) is 31.0 Å². The monoisotopic (exact) mass is 328 g/mol. The molecule has 3 rings (SSSR count). The van der Waals surface area contributed by atoms with E-state index in [1.54, 1.807) is 13.2 Å². The SMILES string of the molecule is COc1cccc(-c2cc(C(N)=O)nc(N(C)C3CCCO3)n2)c1. The maximum absolute atomic E-state index is 11.7.